The van der Waals surface area contributed by atoms with Crippen LogP contribution in [0.15, 0.2) is 6.20 Å². The summed E-state index contributed by atoms with van der Waals surface area (Å²) in [6, 6.07) is -0.592. The van der Waals surface area contributed by atoms with Gasteiger partial charge >= 0.3 is 0 Å². The lowest BCUT2D eigenvalue weighted by Crippen LogP contribution is -2.38. The summed E-state index contributed by atoms with van der Waals surface area (Å²) in [6.45, 7) is 4.14. The van der Waals surface area contributed by atoms with E-state index in [1.165, 1.54) is 0 Å². The first kappa shape index (κ1) is 13.1. The van der Waals surface area contributed by atoms with Crippen molar-refractivity contribution in [2.75, 3.05) is 17.6 Å². The summed E-state index contributed by atoms with van der Waals surface area (Å²) < 4.78 is 13.3. The maximum Gasteiger partial charge on any atom is 0.242 e. The molecule has 0 aliphatic heterocycles. The van der Waals surface area contributed by atoms with E-state index >= 15 is 0 Å². The van der Waals surface area contributed by atoms with Crippen LogP contribution in [0.2, 0.25) is 0 Å². The fraction of sp³-hybridized carbons (Fsp3) is 0.500. The number of hydrogen-bond acceptors (Lipinski definition) is 5. The third kappa shape index (κ3) is 3.86. The number of nitrogens with zero attached hydrogens (tertiary/aromatic N) is 2. The molecule has 1 heterocycles. The highest BCUT2D eigenvalue weighted by Crippen LogP contribution is 2.11. The van der Waals surface area contributed by atoms with Crippen LogP contribution in [0.1, 0.15) is 20.3 Å². The van der Waals surface area contributed by atoms with E-state index in [0.29, 0.717) is 6.54 Å². The molecule has 0 saturated heterocycles. The molecule has 6 nitrogen and oxygen atoms in total. The van der Waals surface area contributed by atoms with Crippen LogP contribution < -0.4 is 16.4 Å². The maximum absolute atomic E-state index is 13.3. The Morgan fingerprint density at radius 2 is 2.35 bits per heavy atom. The van der Waals surface area contributed by atoms with Gasteiger partial charge in [0, 0.05) is 6.54 Å². The Morgan fingerprint density at radius 3 is 3.00 bits per heavy atom. The molecule has 7 heteroatoms. The van der Waals surface area contributed by atoms with Crippen LogP contribution >= 0.6 is 0 Å². The number of amides is 1. The number of halogens is 1. The number of nitrogens with two attached hydrogens (primary N) is 1. The van der Waals surface area contributed by atoms with Crippen molar-refractivity contribution in [3.8, 4) is 0 Å². The molecule has 17 heavy (non-hydrogen) atoms. The summed E-state index contributed by atoms with van der Waals surface area (Å²) in [5.74, 6) is -0.982. The smallest absolute Gasteiger partial charge is 0.242 e. The molecule has 1 aromatic rings. The number of nitrogen functional groups attached to an aromatic ring is 1. The Bertz CT molecular complexity index is 398. The molecule has 4 N–H and O–H groups in total. The third-order valence-corrected chi connectivity index (χ3v) is 2.06. The number of anilines is 2. The van der Waals surface area contributed by atoms with Crippen molar-refractivity contribution in [2.24, 2.45) is 0 Å². The average Bonchev–Trinajstić information content (AvgIpc) is 2.30. The molecule has 1 amide bonds. The van der Waals surface area contributed by atoms with Gasteiger partial charge in [-0.2, -0.15) is 4.98 Å². The van der Waals surface area contributed by atoms with Gasteiger partial charge in [0.15, 0.2) is 11.6 Å². The molecule has 94 valence electrons. The summed E-state index contributed by atoms with van der Waals surface area (Å²) in [7, 11) is 0. The van der Waals surface area contributed by atoms with Crippen molar-refractivity contribution in [1.82, 2.24) is 15.3 Å². The van der Waals surface area contributed by atoms with E-state index in [4.69, 9.17) is 5.73 Å². The number of rotatable bonds is 5. The first-order chi connectivity index (χ1) is 8.04. The summed E-state index contributed by atoms with van der Waals surface area (Å²) in [5.41, 5.74) is 5.33. The minimum absolute atomic E-state index is 0.0462. The van der Waals surface area contributed by atoms with Gasteiger partial charge < -0.3 is 16.4 Å². The van der Waals surface area contributed by atoms with Crippen LogP contribution in [0.5, 0.6) is 0 Å². The van der Waals surface area contributed by atoms with Crippen LogP contribution in [-0.4, -0.2) is 28.5 Å². The molecule has 0 radical (unpaired) electrons. The zero-order valence-corrected chi connectivity index (χ0v) is 9.83. The van der Waals surface area contributed by atoms with Gasteiger partial charge in [0.1, 0.15) is 6.04 Å². The highest BCUT2D eigenvalue weighted by atomic mass is 19.1. The molecule has 0 aliphatic carbocycles. The Balaban J connectivity index is 2.64. The van der Waals surface area contributed by atoms with Crippen LogP contribution in [-0.2, 0) is 4.79 Å². The molecular weight excluding hydrogens is 225 g/mol. The molecule has 0 aromatic carbocycles. The Morgan fingerprint density at radius 1 is 1.65 bits per heavy atom. The van der Waals surface area contributed by atoms with E-state index in [1.807, 2.05) is 6.92 Å². The SMILES string of the molecule is CCCNC(=O)C(C)Nc1nc(N)ncc1F. The summed E-state index contributed by atoms with van der Waals surface area (Å²) in [5, 5.41) is 5.33. The lowest BCUT2D eigenvalue weighted by atomic mass is 10.3. The first-order valence-corrected chi connectivity index (χ1v) is 5.36. The van der Waals surface area contributed by atoms with Crippen LogP contribution in [0.3, 0.4) is 0 Å². The van der Waals surface area contributed by atoms with Gasteiger partial charge in [-0.3, -0.25) is 4.79 Å². The molecule has 0 aliphatic rings. The highest BCUT2D eigenvalue weighted by Gasteiger charge is 2.15. The van der Waals surface area contributed by atoms with Crippen LogP contribution in [0.4, 0.5) is 16.2 Å². The van der Waals surface area contributed by atoms with E-state index in [-0.39, 0.29) is 17.7 Å². The summed E-state index contributed by atoms with van der Waals surface area (Å²) in [4.78, 5) is 18.7. The highest BCUT2D eigenvalue weighted by molar-refractivity contribution is 5.83. The quantitative estimate of drug-likeness (QED) is 0.699. The largest absolute Gasteiger partial charge is 0.368 e. The van der Waals surface area contributed by atoms with Crippen molar-refractivity contribution >= 4 is 17.7 Å². The average molecular weight is 241 g/mol. The van der Waals surface area contributed by atoms with Crippen LogP contribution in [0.25, 0.3) is 0 Å². The number of carbonyl (C=O) groups is 1. The Hall–Kier alpha value is -1.92. The second-order valence-corrected chi connectivity index (χ2v) is 3.58. The van der Waals surface area contributed by atoms with Crippen molar-refractivity contribution in [3.05, 3.63) is 12.0 Å². The normalized spacial score (nSPS) is 11.9. The first-order valence-electron chi connectivity index (χ1n) is 5.36. The van der Waals surface area contributed by atoms with Gasteiger partial charge in [-0.25, -0.2) is 9.37 Å². The third-order valence-electron chi connectivity index (χ3n) is 2.06. The van der Waals surface area contributed by atoms with Crippen molar-refractivity contribution in [2.45, 2.75) is 26.3 Å². The summed E-state index contributed by atoms with van der Waals surface area (Å²) >= 11 is 0. The van der Waals surface area contributed by atoms with Gasteiger partial charge in [0.2, 0.25) is 11.9 Å². The van der Waals surface area contributed by atoms with E-state index in [0.717, 1.165) is 12.6 Å². The lowest BCUT2D eigenvalue weighted by Gasteiger charge is -2.14. The van der Waals surface area contributed by atoms with E-state index < -0.39 is 11.9 Å². The lowest BCUT2D eigenvalue weighted by molar-refractivity contribution is -0.121. The zero-order chi connectivity index (χ0) is 12.8. The monoisotopic (exact) mass is 241 g/mol. The molecule has 0 fully saturated rings. The minimum atomic E-state index is -0.644. The molecule has 0 bridgehead atoms. The van der Waals surface area contributed by atoms with E-state index in [9.17, 15) is 9.18 Å². The number of aromatic nitrogens is 2. The summed E-state index contributed by atoms with van der Waals surface area (Å²) in [6.07, 6.45) is 1.80. The van der Waals surface area contributed by atoms with Crippen molar-refractivity contribution < 1.29 is 9.18 Å². The molecule has 1 unspecified atom stereocenters. The Kier molecular flexibility index (Phi) is 4.62. The van der Waals surface area contributed by atoms with Gasteiger partial charge in [0.25, 0.3) is 0 Å². The minimum Gasteiger partial charge on any atom is -0.368 e. The topological polar surface area (TPSA) is 92.9 Å². The van der Waals surface area contributed by atoms with Crippen LogP contribution in [0, 0.1) is 5.82 Å². The number of carbonyl (C=O) groups excluding carboxylic acids is 1. The van der Waals surface area contributed by atoms with Gasteiger partial charge in [-0.05, 0) is 13.3 Å². The zero-order valence-electron chi connectivity index (χ0n) is 9.83. The molecule has 0 spiro atoms. The van der Waals surface area contributed by atoms with Gasteiger partial charge in [0.05, 0.1) is 6.20 Å². The standard InChI is InChI=1S/C10H16FN5O/c1-3-4-13-9(17)6(2)15-8-7(11)5-14-10(12)16-8/h5-6H,3-4H2,1-2H3,(H,13,17)(H3,12,14,15,16). The second-order valence-electron chi connectivity index (χ2n) is 3.58. The molecule has 1 atom stereocenters. The van der Waals surface area contributed by atoms with Crippen molar-refractivity contribution in [1.29, 1.82) is 0 Å². The predicted octanol–water partition coefficient (Wildman–Crippen LogP) is 0.524. The fourth-order valence-electron chi connectivity index (χ4n) is 1.15. The Labute approximate surface area is 98.8 Å². The fourth-order valence-corrected chi connectivity index (χ4v) is 1.15. The van der Waals surface area contributed by atoms with Gasteiger partial charge in [-0.1, -0.05) is 6.92 Å². The molecular formula is C10H16FN5O. The van der Waals surface area contributed by atoms with Gasteiger partial charge in [-0.15, -0.1) is 0 Å². The molecule has 1 rings (SSSR count). The second kappa shape index (κ2) is 5.97. The maximum atomic E-state index is 13.3. The predicted molar refractivity (Wildman–Crippen MR) is 62.8 cm³/mol. The number of nitrogens with one attached hydrogen (secondary N) is 2. The number of hydrogen-bond donors (Lipinski definition) is 3. The van der Waals surface area contributed by atoms with E-state index in [2.05, 4.69) is 20.6 Å². The van der Waals surface area contributed by atoms with Crippen molar-refractivity contribution in [3.63, 3.8) is 0 Å². The van der Waals surface area contributed by atoms with E-state index in [1.54, 1.807) is 6.92 Å². The molecule has 0 saturated carbocycles. The molecule has 1 aromatic heterocycles.